The van der Waals surface area contributed by atoms with Gasteiger partial charge in [0.05, 0.1) is 10.7 Å². The van der Waals surface area contributed by atoms with Gasteiger partial charge >= 0.3 is 0 Å². The number of nitrogens with zero attached hydrogens (tertiary/aromatic N) is 4. The Morgan fingerprint density at radius 1 is 1.10 bits per heavy atom. The quantitative estimate of drug-likeness (QED) is 0.274. The van der Waals surface area contributed by atoms with Crippen LogP contribution in [-0.2, 0) is 12.4 Å². The van der Waals surface area contributed by atoms with Crippen LogP contribution in [0, 0.1) is 0 Å². The fourth-order valence-electron chi connectivity index (χ4n) is 3.17. The smallest absolute Gasteiger partial charge is 0.226 e. The Balaban J connectivity index is 1.28. The molecule has 6 nitrogen and oxygen atoms in total. The molecule has 2 aromatic carbocycles. The monoisotopic (exact) mass is 472 g/mol. The fraction of sp³-hybridized carbons (Fsp3) is 0.227. The highest BCUT2D eigenvalue weighted by Crippen LogP contribution is 2.39. The van der Waals surface area contributed by atoms with Gasteiger partial charge in [0.1, 0.15) is 18.6 Å². The van der Waals surface area contributed by atoms with Crippen molar-refractivity contribution >= 4 is 35.0 Å². The highest BCUT2D eigenvalue weighted by Gasteiger charge is 2.30. The largest absolute Gasteiger partial charge is 0.484 e. The molecule has 4 aromatic rings. The molecule has 31 heavy (non-hydrogen) atoms. The van der Waals surface area contributed by atoms with Gasteiger partial charge in [-0.15, -0.1) is 10.2 Å². The molecule has 9 heteroatoms. The summed E-state index contributed by atoms with van der Waals surface area (Å²) in [7, 11) is 0. The number of rotatable bonds is 8. The molecule has 0 bridgehead atoms. The highest BCUT2D eigenvalue weighted by molar-refractivity contribution is 7.98. The van der Waals surface area contributed by atoms with E-state index in [-0.39, 0.29) is 0 Å². The van der Waals surface area contributed by atoms with E-state index in [9.17, 15) is 0 Å². The van der Waals surface area contributed by atoms with E-state index in [1.807, 2.05) is 42.5 Å². The van der Waals surface area contributed by atoms with Crippen LogP contribution in [0.15, 0.2) is 64.4 Å². The second-order valence-electron chi connectivity index (χ2n) is 7.16. The van der Waals surface area contributed by atoms with Gasteiger partial charge in [-0.1, -0.05) is 53.2 Å². The summed E-state index contributed by atoms with van der Waals surface area (Å²) in [4.78, 5) is 4.58. The van der Waals surface area contributed by atoms with Crippen LogP contribution in [0.3, 0.4) is 0 Å². The average Bonchev–Trinajstić information content (AvgIpc) is 3.35. The molecule has 0 radical (unpaired) electrons. The summed E-state index contributed by atoms with van der Waals surface area (Å²) < 4.78 is 13.7. The molecule has 1 saturated carbocycles. The average molecular weight is 473 g/mol. The number of aromatic nitrogens is 4. The Morgan fingerprint density at radius 2 is 1.97 bits per heavy atom. The van der Waals surface area contributed by atoms with Crippen LogP contribution in [0.1, 0.15) is 30.4 Å². The first-order chi connectivity index (χ1) is 15.2. The van der Waals surface area contributed by atoms with Crippen molar-refractivity contribution in [2.45, 2.75) is 36.4 Å². The van der Waals surface area contributed by atoms with E-state index in [1.54, 1.807) is 24.1 Å². The van der Waals surface area contributed by atoms with Crippen molar-refractivity contribution in [3.05, 3.63) is 76.4 Å². The summed E-state index contributed by atoms with van der Waals surface area (Å²) in [6, 6.07) is 15.3. The lowest BCUT2D eigenvalue weighted by atomic mass is 10.2. The maximum absolute atomic E-state index is 6.19. The van der Waals surface area contributed by atoms with Gasteiger partial charge in [0, 0.05) is 22.4 Å². The van der Waals surface area contributed by atoms with Crippen molar-refractivity contribution in [2.24, 2.45) is 0 Å². The zero-order chi connectivity index (χ0) is 21.2. The number of hydrogen-bond acceptors (Lipinski definition) is 6. The third-order valence-electron chi connectivity index (χ3n) is 4.81. The second kappa shape index (κ2) is 8.94. The first-order valence-electron chi connectivity index (χ1n) is 9.81. The molecule has 5 rings (SSSR count). The van der Waals surface area contributed by atoms with E-state index in [1.165, 1.54) is 0 Å². The lowest BCUT2D eigenvalue weighted by molar-refractivity contribution is 0.288. The molecule has 0 atom stereocenters. The topological polar surface area (TPSA) is 66.0 Å². The summed E-state index contributed by atoms with van der Waals surface area (Å²) in [5, 5.41) is 10.8. The Bertz CT molecular complexity index is 1210. The van der Waals surface area contributed by atoms with Gasteiger partial charge < -0.3 is 9.15 Å². The van der Waals surface area contributed by atoms with Crippen molar-refractivity contribution in [3.8, 4) is 17.2 Å². The van der Waals surface area contributed by atoms with Crippen molar-refractivity contribution in [1.29, 1.82) is 0 Å². The Hall–Kier alpha value is -2.48. The number of benzene rings is 2. The van der Waals surface area contributed by atoms with E-state index in [4.69, 9.17) is 32.4 Å². The minimum atomic E-state index is 0.316. The minimum absolute atomic E-state index is 0.316. The Morgan fingerprint density at radius 3 is 2.77 bits per heavy atom. The molecule has 1 aliphatic carbocycles. The molecule has 0 aliphatic heterocycles. The summed E-state index contributed by atoms with van der Waals surface area (Å²) in [5.74, 6) is 2.61. The SMILES string of the molecule is Clc1cccc(-c2nc(CSc3nnc(COc4ccccc4Cl)n3C3CC3)co2)c1. The van der Waals surface area contributed by atoms with Crippen molar-refractivity contribution in [2.75, 3.05) is 0 Å². The summed E-state index contributed by atoms with van der Waals surface area (Å²) in [5.41, 5.74) is 1.68. The molecule has 2 heterocycles. The van der Waals surface area contributed by atoms with Gasteiger partial charge in [-0.05, 0) is 43.2 Å². The number of hydrogen-bond donors (Lipinski definition) is 0. The van der Waals surface area contributed by atoms with Crippen LogP contribution in [0.4, 0.5) is 0 Å². The number of para-hydroxylation sites is 1. The third-order valence-corrected chi connectivity index (χ3v) is 6.34. The molecular weight excluding hydrogens is 455 g/mol. The Kier molecular flexibility index (Phi) is 5.89. The molecule has 1 aliphatic rings. The molecule has 1 fully saturated rings. The highest BCUT2D eigenvalue weighted by atomic mass is 35.5. The van der Waals surface area contributed by atoms with Crippen molar-refractivity contribution in [3.63, 3.8) is 0 Å². The number of oxazole rings is 1. The maximum Gasteiger partial charge on any atom is 0.226 e. The van der Waals surface area contributed by atoms with Crippen LogP contribution in [-0.4, -0.2) is 19.7 Å². The summed E-state index contributed by atoms with van der Waals surface area (Å²) in [6.45, 7) is 0.316. The fourth-order valence-corrected chi connectivity index (χ4v) is 4.46. The number of thioether (sulfide) groups is 1. The predicted molar refractivity (Wildman–Crippen MR) is 121 cm³/mol. The summed E-state index contributed by atoms with van der Waals surface area (Å²) in [6.07, 6.45) is 3.91. The predicted octanol–water partition coefficient (Wildman–Crippen LogP) is 6.45. The number of ether oxygens (including phenoxy) is 1. The van der Waals surface area contributed by atoms with Crippen molar-refractivity contribution < 1.29 is 9.15 Å². The standard InChI is InChI=1S/C22H18Cl2N4O2S/c23-15-5-3-4-14(10-15)21-25-16(11-30-21)13-31-22-27-26-20(28(22)17-8-9-17)12-29-19-7-2-1-6-18(19)24/h1-7,10-11,17H,8-9,12-13H2. The Labute approximate surface area is 193 Å². The molecule has 0 amide bonds. The van der Waals surface area contributed by atoms with Gasteiger partial charge in [-0.2, -0.15) is 0 Å². The van der Waals surface area contributed by atoms with E-state index in [0.29, 0.717) is 40.1 Å². The lowest BCUT2D eigenvalue weighted by Crippen LogP contribution is -2.07. The molecule has 2 aromatic heterocycles. The lowest BCUT2D eigenvalue weighted by Gasteiger charge is -2.10. The van der Waals surface area contributed by atoms with Crippen LogP contribution in [0.5, 0.6) is 5.75 Å². The van der Waals surface area contributed by atoms with Crippen molar-refractivity contribution in [1.82, 2.24) is 19.7 Å². The van der Waals surface area contributed by atoms with Gasteiger partial charge in [0.25, 0.3) is 0 Å². The van der Waals surface area contributed by atoms with Crippen LogP contribution in [0.25, 0.3) is 11.5 Å². The molecule has 158 valence electrons. The molecular formula is C22H18Cl2N4O2S. The van der Waals surface area contributed by atoms with E-state index < -0.39 is 0 Å². The third kappa shape index (κ3) is 4.74. The van der Waals surface area contributed by atoms with Crippen LogP contribution < -0.4 is 4.74 Å². The van der Waals surface area contributed by atoms with Crippen LogP contribution in [0.2, 0.25) is 10.0 Å². The maximum atomic E-state index is 6.19. The zero-order valence-electron chi connectivity index (χ0n) is 16.4. The second-order valence-corrected chi connectivity index (χ2v) is 8.95. The zero-order valence-corrected chi connectivity index (χ0v) is 18.7. The van der Waals surface area contributed by atoms with Gasteiger partial charge in [-0.3, -0.25) is 4.57 Å². The van der Waals surface area contributed by atoms with Crippen LogP contribution >= 0.6 is 35.0 Å². The van der Waals surface area contributed by atoms with Gasteiger partial charge in [0.2, 0.25) is 5.89 Å². The normalized spacial score (nSPS) is 13.5. The van der Waals surface area contributed by atoms with Gasteiger partial charge in [0.15, 0.2) is 11.0 Å². The van der Waals surface area contributed by atoms with E-state index >= 15 is 0 Å². The molecule has 0 N–H and O–H groups in total. The van der Waals surface area contributed by atoms with Gasteiger partial charge in [-0.25, -0.2) is 4.98 Å². The molecule has 0 saturated heterocycles. The summed E-state index contributed by atoms with van der Waals surface area (Å²) >= 11 is 13.8. The van der Waals surface area contributed by atoms with E-state index in [0.717, 1.165) is 35.1 Å². The molecule has 0 unspecified atom stereocenters. The molecule has 0 spiro atoms. The number of halogens is 2. The minimum Gasteiger partial charge on any atom is -0.484 e. The van der Waals surface area contributed by atoms with E-state index in [2.05, 4.69) is 19.7 Å². The first-order valence-corrected chi connectivity index (χ1v) is 11.6. The first kappa shape index (κ1) is 20.4.